The fraction of sp³-hybridized carbons (Fsp3) is 0.538. The number of amidine groups is 1. The van der Waals surface area contributed by atoms with Crippen molar-refractivity contribution in [2.75, 3.05) is 0 Å². The summed E-state index contributed by atoms with van der Waals surface area (Å²) in [5.74, 6) is 0.868. The van der Waals surface area contributed by atoms with E-state index in [-0.39, 0.29) is 5.84 Å². The fourth-order valence-electron chi connectivity index (χ4n) is 2.51. The second-order valence-electron chi connectivity index (χ2n) is 4.99. The molecule has 1 aliphatic carbocycles. The first kappa shape index (κ1) is 12.8. The Kier molecular flexibility index (Phi) is 4.15. The predicted molar refractivity (Wildman–Crippen MR) is 70.4 cm³/mol. The maximum atomic E-state index is 8.73. The third kappa shape index (κ3) is 2.98. The fourth-order valence-corrected chi connectivity index (χ4v) is 2.51. The minimum absolute atomic E-state index is 0.0622. The number of pyridine rings is 1. The molecule has 0 bridgehead atoms. The van der Waals surface area contributed by atoms with E-state index in [1.807, 2.05) is 12.1 Å². The maximum Gasteiger partial charge on any atom is 0.189 e. The molecule has 0 radical (unpaired) electrons. The molecule has 2 rings (SSSR count). The summed E-state index contributed by atoms with van der Waals surface area (Å²) in [6.07, 6.45) is 5.38. The molecule has 2 atom stereocenters. The van der Waals surface area contributed by atoms with E-state index in [2.05, 4.69) is 22.4 Å². The minimum Gasteiger partial charge on any atom is -0.409 e. The van der Waals surface area contributed by atoms with Crippen LogP contribution in [0, 0.1) is 5.92 Å². The standard InChI is InChI=1S/C13H20N4O/c1-9-4-5-11(7-9)16-8-10-3-2-6-15-12(10)13(14)17-18/h2-3,6,9,11,16,18H,4-5,7-8H2,1H3,(H2,14,17). The van der Waals surface area contributed by atoms with Crippen molar-refractivity contribution < 1.29 is 5.21 Å². The van der Waals surface area contributed by atoms with Gasteiger partial charge in [-0.1, -0.05) is 18.1 Å². The highest BCUT2D eigenvalue weighted by atomic mass is 16.4. The number of rotatable bonds is 4. The van der Waals surface area contributed by atoms with E-state index in [9.17, 15) is 0 Å². The van der Waals surface area contributed by atoms with Crippen LogP contribution in [-0.4, -0.2) is 22.1 Å². The number of aromatic nitrogens is 1. The van der Waals surface area contributed by atoms with Crippen LogP contribution in [0.3, 0.4) is 0 Å². The van der Waals surface area contributed by atoms with Gasteiger partial charge in [-0.25, -0.2) is 0 Å². The molecule has 18 heavy (non-hydrogen) atoms. The first-order chi connectivity index (χ1) is 8.70. The summed E-state index contributed by atoms with van der Waals surface area (Å²) in [6, 6.07) is 4.38. The van der Waals surface area contributed by atoms with Crippen LogP contribution in [-0.2, 0) is 6.54 Å². The van der Waals surface area contributed by atoms with Crippen LogP contribution >= 0.6 is 0 Å². The second kappa shape index (κ2) is 5.82. The number of nitrogens with zero attached hydrogens (tertiary/aromatic N) is 2. The van der Waals surface area contributed by atoms with Gasteiger partial charge in [0, 0.05) is 18.8 Å². The van der Waals surface area contributed by atoms with E-state index < -0.39 is 0 Å². The Morgan fingerprint density at radius 1 is 1.61 bits per heavy atom. The molecule has 1 fully saturated rings. The molecular formula is C13H20N4O. The first-order valence-electron chi connectivity index (χ1n) is 6.36. The smallest absolute Gasteiger partial charge is 0.189 e. The average molecular weight is 248 g/mol. The van der Waals surface area contributed by atoms with E-state index in [4.69, 9.17) is 10.9 Å². The minimum atomic E-state index is 0.0622. The highest BCUT2D eigenvalue weighted by Gasteiger charge is 2.21. The van der Waals surface area contributed by atoms with E-state index >= 15 is 0 Å². The molecule has 0 spiro atoms. The summed E-state index contributed by atoms with van der Waals surface area (Å²) in [7, 11) is 0. The Balaban J connectivity index is 2.01. The number of nitrogens with one attached hydrogen (secondary N) is 1. The van der Waals surface area contributed by atoms with Gasteiger partial charge < -0.3 is 16.3 Å². The summed E-state index contributed by atoms with van der Waals surface area (Å²) in [4.78, 5) is 4.15. The molecule has 5 heteroatoms. The van der Waals surface area contributed by atoms with Gasteiger partial charge >= 0.3 is 0 Å². The molecule has 2 unspecified atom stereocenters. The number of hydrogen-bond donors (Lipinski definition) is 3. The summed E-state index contributed by atoms with van der Waals surface area (Å²) in [5, 5.41) is 15.3. The van der Waals surface area contributed by atoms with Crippen molar-refractivity contribution in [3.8, 4) is 0 Å². The Bertz CT molecular complexity index is 433. The van der Waals surface area contributed by atoms with Crippen molar-refractivity contribution >= 4 is 5.84 Å². The van der Waals surface area contributed by atoms with Crippen LogP contribution in [0.15, 0.2) is 23.5 Å². The van der Waals surface area contributed by atoms with E-state index in [0.29, 0.717) is 18.3 Å². The quantitative estimate of drug-likeness (QED) is 0.326. The predicted octanol–water partition coefficient (Wildman–Crippen LogP) is 1.45. The molecule has 1 saturated carbocycles. The molecule has 0 amide bonds. The molecule has 0 aromatic carbocycles. The summed E-state index contributed by atoms with van der Waals surface area (Å²) >= 11 is 0. The SMILES string of the molecule is CC1CCC(NCc2cccnc2/C(N)=N/O)C1. The van der Waals surface area contributed by atoms with Crippen LogP contribution in [0.4, 0.5) is 0 Å². The zero-order valence-electron chi connectivity index (χ0n) is 10.6. The molecule has 0 aliphatic heterocycles. The van der Waals surface area contributed by atoms with Gasteiger partial charge in [0.15, 0.2) is 5.84 Å². The van der Waals surface area contributed by atoms with Crippen LogP contribution < -0.4 is 11.1 Å². The largest absolute Gasteiger partial charge is 0.409 e. The van der Waals surface area contributed by atoms with Gasteiger partial charge in [0.05, 0.1) is 0 Å². The molecule has 5 nitrogen and oxygen atoms in total. The lowest BCUT2D eigenvalue weighted by Crippen LogP contribution is -2.28. The van der Waals surface area contributed by atoms with Crippen molar-refractivity contribution in [3.05, 3.63) is 29.6 Å². The molecule has 4 N–H and O–H groups in total. The van der Waals surface area contributed by atoms with Crippen molar-refractivity contribution in [3.63, 3.8) is 0 Å². The molecule has 1 aromatic heterocycles. The Morgan fingerprint density at radius 2 is 2.44 bits per heavy atom. The Labute approximate surface area is 107 Å². The molecule has 1 aliphatic rings. The average Bonchev–Trinajstić information content (AvgIpc) is 2.81. The molecule has 98 valence electrons. The van der Waals surface area contributed by atoms with Gasteiger partial charge in [-0.3, -0.25) is 4.98 Å². The number of nitrogens with two attached hydrogens (primary N) is 1. The Morgan fingerprint density at radius 3 is 3.11 bits per heavy atom. The highest BCUT2D eigenvalue weighted by molar-refractivity contribution is 5.96. The van der Waals surface area contributed by atoms with Crippen LogP contribution in [0.25, 0.3) is 0 Å². The molecular weight excluding hydrogens is 228 g/mol. The molecule has 0 saturated heterocycles. The van der Waals surface area contributed by atoms with Crippen LogP contribution in [0.1, 0.15) is 37.4 Å². The summed E-state index contributed by atoms with van der Waals surface area (Å²) in [5.41, 5.74) is 7.13. The van der Waals surface area contributed by atoms with Gasteiger partial charge in [-0.2, -0.15) is 0 Å². The van der Waals surface area contributed by atoms with E-state index in [1.165, 1.54) is 19.3 Å². The van der Waals surface area contributed by atoms with E-state index in [1.54, 1.807) is 6.20 Å². The second-order valence-corrected chi connectivity index (χ2v) is 4.99. The lowest BCUT2D eigenvalue weighted by molar-refractivity contribution is 0.318. The van der Waals surface area contributed by atoms with Gasteiger partial charge in [-0.05, 0) is 36.8 Å². The first-order valence-corrected chi connectivity index (χ1v) is 6.36. The zero-order valence-corrected chi connectivity index (χ0v) is 10.6. The third-order valence-electron chi connectivity index (χ3n) is 3.52. The molecule has 1 aromatic rings. The number of oxime groups is 1. The normalized spacial score (nSPS) is 24.4. The van der Waals surface area contributed by atoms with Crippen molar-refractivity contribution in [2.24, 2.45) is 16.8 Å². The van der Waals surface area contributed by atoms with Crippen LogP contribution in [0.5, 0.6) is 0 Å². The van der Waals surface area contributed by atoms with Crippen LogP contribution in [0.2, 0.25) is 0 Å². The third-order valence-corrected chi connectivity index (χ3v) is 3.52. The Hall–Kier alpha value is -1.62. The lowest BCUT2D eigenvalue weighted by Gasteiger charge is -2.13. The summed E-state index contributed by atoms with van der Waals surface area (Å²) < 4.78 is 0. The lowest BCUT2D eigenvalue weighted by atomic mass is 10.1. The topological polar surface area (TPSA) is 83.5 Å². The van der Waals surface area contributed by atoms with E-state index in [0.717, 1.165) is 11.5 Å². The van der Waals surface area contributed by atoms with Gasteiger partial charge in [0.25, 0.3) is 0 Å². The van der Waals surface area contributed by atoms with Gasteiger partial charge in [0.1, 0.15) is 5.69 Å². The van der Waals surface area contributed by atoms with Crippen molar-refractivity contribution in [2.45, 2.75) is 38.8 Å². The van der Waals surface area contributed by atoms with Crippen molar-refractivity contribution in [1.82, 2.24) is 10.3 Å². The summed E-state index contributed by atoms with van der Waals surface area (Å²) in [6.45, 7) is 2.99. The van der Waals surface area contributed by atoms with Gasteiger partial charge in [-0.15, -0.1) is 0 Å². The monoisotopic (exact) mass is 248 g/mol. The van der Waals surface area contributed by atoms with Crippen molar-refractivity contribution in [1.29, 1.82) is 0 Å². The van der Waals surface area contributed by atoms with Gasteiger partial charge in [0.2, 0.25) is 0 Å². The molecule has 1 heterocycles. The zero-order chi connectivity index (χ0) is 13.0. The number of hydrogen-bond acceptors (Lipinski definition) is 4. The maximum absolute atomic E-state index is 8.73. The highest BCUT2D eigenvalue weighted by Crippen LogP contribution is 2.24.